The molecule has 0 aromatic heterocycles. The summed E-state index contributed by atoms with van der Waals surface area (Å²) >= 11 is 1.83. The second-order valence-corrected chi connectivity index (χ2v) is 6.84. The van der Waals surface area contributed by atoms with E-state index >= 15 is 0 Å². The minimum atomic E-state index is -0.616. The number of nitrogens with one attached hydrogen (secondary N) is 1. The van der Waals surface area contributed by atoms with Gasteiger partial charge in [-0.1, -0.05) is 6.92 Å². The van der Waals surface area contributed by atoms with Crippen LogP contribution in [0.15, 0.2) is 0 Å². The molecular weight excluding hydrogens is 248 g/mol. The number of aliphatic hydroxyl groups is 1. The van der Waals surface area contributed by atoms with Crippen molar-refractivity contribution in [3.05, 3.63) is 0 Å². The minimum absolute atomic E-state index is 0.238. The molecule has 0 fully saturated rings. The predicted octanol–water partition coefficient (Wildman–Crippen LogP) is 1.51. The Balaban J connectivity index is 4.02. The van der Waals surface area contributed by atoms with Gasteiger partial charge in [0.15, 0.2) is 0 Å². The number of thioether (sulfide) groups is 1. The molecule has 1 amide bonds. The van der Waals surface area contributed by atoms with Gasteiger partial charge in [0.25, 0.3) is 0 Å². The fraction of sp³-hybridized carbons (Fsp3) is 0.923. The highest BCUT2D eigenvalue weighted by Gasteiger charge is 2.30. The lowest BCUT2D eigenvalue weighted by Gasteiger charge is -2.30. The van der Waals surface area contributed by atoms with Gasteiger partial charge in [-0.3, -0.25) is 4.79 Å². The summed E-state index contributed by atoms with van der Waals surface area (Å²) in [6, 6.07) is 0.239. The maximum Gasteiger partial charge on any atom is 0.237 e. The van der Waals surface area contributed by atoms with Crippen molar-refractivity contribution in [2.75, 3.05) is 12.4 Å². The summed E-state index contributed by atoms with van der Waals surface area (Å²) in [6.45, 7) is 8.25. The summed E-state index contributed by atoms with van der Waals surface area (Å²) < 4.78 is 0. The lowest BCUT2D eigenvalue weighted by molar-refractivity contribution is -0.124. The lowest BCUT2D eigenvalue weighted by atomic mass is 9.94. The van der Waals surface area contributed by atoms with Gasteiger partial charge in [0.2, 0.25) is 5.91 Å². The van der Waals surface area contributed by atoms with Gasteiger partial charge in [-0.05, 0) is 45.8 Å². The minimum Gasteiger partial charge on any atom is -0.396 e. The van der Waals surface area contributed by atoms with Gasteiger partial charge in [0.1, 0.15) is 0 Å². The standard InChI is InChI=1S/C13H28N2O2S/c1-10(2)15-13(4,12(14)17)7-5-9-18-11(3)6-8-16/h10-11,15-16H,5-9H2,1-4H3,(H2,14,17). The summed E-state index contributed by atoms with van der Waals surface area (Å²) in [5.74, 6) is 0.702. The molecule has 0 aromatic carbocycles. The summed E-state index contributed by atoms with van der Waals surface area (Å²) in [4.78, 5) is 11.5. The molecule has 0 aliphatic heterocycles. The zero-order valence-electron chi connectivity index (χ0n) is 12.0. The second kappa shape index (κ2) is 8.77. The van der Waals surface area contributed by atoms with Crippen LogP contribution in [-0.2, 0) is 4.79 Å². The third-order valence-electron chi connectivity index (χ3n) is 2.91. The molecule has 4 N–H and O–H groups in total. The van der Waals surface area contributed by atoms with Crippen LogP contribution in [0.3, 0.4) is 0 Å². The molecule has 0 spiro atoms. The first-order valence-electron chi connectivity index (χ1n) is 6.62. The summed E-state index contributed by atoms with van der Waals surface area (Å²) in [5.41, 5.74) is 4.85. The van der Waals surface area contributed by atoms with Crippen molar-refractivity contribution >= 4 is 17.7 Å². The first-order chi connectivity index (χ1) is 8.31. The number of hydrogen-bond acceptors (Lipinski definition) is 4. The fourth-order valence-electron chi connectivity index (χ4n) is 1.88. The van der Waals surface area contributed by atoms with Crippen molar-refractivity contribution in [2.24, 2.45) is 5.73 Å². The molecule has 0 saturated heterocycles. The van der Waals surface area contributed by atoms with Crippen LogP contribution in [0.2, 0.25) is 0 Å². The lowest BCUT2D eigenvalue weighted by Crippen LogP contribution is -2.55. The normalized spacial score (nSPS) is 16.6. The number of hydrogen-bond donors (Lipinski definition) is 3. The number of carbonyl (C=O) groups is 1. The summed E-state index contributed by atoms with van der Waals surface area (Å²) in [5, 5.41) is 12.5. The van der Waals surface area contributed by atoms with Crippen molar-refractivity contribution in [3.63, 3.8) is 0 Å². The maximum atomic E-state index is 11.5. The summed E-state index contributed by atoms with van der Waals surface area (Å²) in [6.07, 6.45) is 2.51. The van der Waals surface area contributed by atoms with Crippen molar-refractivity contribution in [1.82, 2.24) is 5.32 Å². The Morgan fingerprint density at radius 3 is 2.50 bits per heavy atom. The fourth-order valence-corrected chi connectivity index (χ4v) is 2.86. The van der Waals surface area contributed by atoms with E-state index in [1.54, 1.807) is 0 Å². The molecule has 0 heterocycles. The topological polar surface area (TPSA) is 75.3 Å². The second-order valence-electron chi connectivity index (χ2n) is 5.29. The van der Waals surface area contributed by atoms with Crippen molar-refractivity contribution in [2.45, 2.75) is 63.8 Å². The smallest absolute Gasteiger partial charge is 0.237 e. The third kappa shape index (κ3) is 7.24. The molecule has 0 rings (SSSR count). The summed E-state index contributed by atoms with van der Waals surface area (Å²) in [7, 11) is 0. The average molecular weight is 276 g/mol. The molecule has 0 aliphatic carbocycles. The monoisotopic (exact) mass is 276 g/mol. The average Bonchev–Trinajstić information content (AvgIpc) is 2.23. The van der Waals surface area contributed by atoms with Gasteiger partial charge >= 0.3 is 0 Å². The highest BCUT2D eigenvalue weighted by Crippen LogP contribution is 2.19. The van der Waals surface area contributed by atoms with E-state index in [1.807, 2.05) is 32.5 Å². The van der Waals surface area contributed by atoms with Crippen molar-refractivity contribution in [3.8, 4) is 0 Å². The van der Waals surface area contributed by atoms with E-state index in [0.717, 1.165) is 25.0 Å². The quantitative estimate of drug-likeness (QED) is 0.529. The van der Waals surface area contributed by atoms with Crippen LogP contribution >= 0.6 is 11.8 Å². The Morgan fingerprint density at radius 2 is 2.06 bits per heavy atom. The molecule has 2 unspecified atom stereocenters. The number of carbonyl (C=O) groups excluding carboxylic acids is 1. The molecule has 18 heavy (non-hydrogen) atoms. The van der Waals surface area contributed by atoms with E-state index in [9.17, 15) is 4.79 Å². The molecule has 5 heteroatoms. The Labute approximate surface area is 115 Å². The van der Waals surface area contributed by atoms with Gasteiger partial charge in [0, 0.05) is 17.9 Å². The Kier molecular flexibility index (Phi) is 8.65. The van der Waals surface area contributed by atoms with Gasteiger partial charge in [-0.2, -0.15) is 11.8 Å². The van der Waals surface area contributed by atoms with E-state index < -0.39 is 5.54 Å². The maximum absolute atomic E-state index is 11.5. The number of aliphatic hydroxyl groups excluding tert-OH is 1. The SMILES string of the molecule is CC(C)NC(C)(CCCSC(C)CCO)C(N)=O. The van der Waals surface area contributed by atoms with E-state index in [0.29, 0.717) is 5.25 Å². The van der Waals surface area contributed by atoms with Gasteiger partial charge in [-0.15, -0.1) is 0 Å². The van der Waals surface area contributed by atoms with Crippen LogP contribution in [0.4, 0.5) is 0 Å². The van der Waals surface area contributed by atoms with Gasteiger partial charge in [-0.25, -0.2) is 0 Å². The van der Waals surface area contributed by atoms with Crippen LogP contribution in [-0.4, -0.2) is 40.2 Å². The van der Waals surface area contributed by atoms with E-state index in [2.05, 4.69) is 12.2 Å². The number of amides is 1. The van der Waals surface area contributed by atoms with E-state index in [1.165, 1.54) is 0 Å². The highest BCUT2D eigenvalue weighted by molar-refractivity contribution is 7.99. The van der Waals surface area contributed by atoms with E-state index in [4.69, 9.17) is 10.8 Å². The Hall–Kier alpha value is -0.260. The van der Waals surface area contributed by atoms with Gasteiger partial charge in [0.05, 0.1) is 5.54 Å². The van der Waals surface area contributed by atoms with E-state index in [-0.39, 0.29) is 18.6 Å². The highest BCUT2D eigenvalue weighted by atomic mass is 32.2. The molecule has 0 aromatic rings. The number of rotatable bonds is 10. The van der Waals surface area contributed by atoms with Crippen LogP contribution < -0.4 is 11.1 Å². The van der Waals surface area contributed by atoms with Crippen LogP contribution in [0, 0.1) is 0 Å². The molecule has 0 saturated carbocycles. The van der Waals surface area contributed by atoms with Crippen LogP contribution in [0.5, 0.6) is 0 Å². The molecule has 4 nitrogen and oxygen atoms in total. The Bertz CT molecular complexity index is 249. The molecule has 0 radical (unpaired) electrons. The van der Waals surface area contributed by atoms with Crippen molar-refractivity contribution < 1.29 is 9.90 Å². The van der Waals surface area contributed by atoms with Crippen molar-refractivity contribution in [1.29, 1.82) is 0 Å². The number of nitrogens with two attached hydrogens (primary N) is 1. The third-order valence-corrected chi connectivity index (χ3v) is 4.24. The number of primary amides is 1. The molecular formula is C13H28N2O2S. The first-order valence-corrected chi connectivity index (χ1v) is 7.66. The first kappa shape index (κ1) is 17.7. The Morgan fingerprint density at radius 1 is 1.44 bits per heavy atom. The predicted molar refractivity (Wildman–Crippen MR) is 78.7 cm³/mol. The molecule has 2 atom stereocenters. The van der Waals surface area contributed by atoms with Crippen LogP contribution in [0.1, 0.15) is 47.0 Å². The molecule has 0 aliphatic rings. The zero-order valence-corrected chi connectivity index (χ0v) is 12.8. The zero-order chi connectivity index (χ0) is 14.2. The molecule has 108 valence electrons. The van der Waals surface area contributed by atoms with Gasteiger partial charge < -0.3 is 16.2 Å². The molecule has 0 bridgehead atoms. The largest absolute Gasteiger partial charge is 0.396 e. The van der Waals surface area contributed by atoms with Crippen LogP contribution in [0.25, 0.3) is 0 Å².